The molecule has 86 valence electrons. The summed E-state index contributed by atoms with van der Waals surface area (Å²) in [6.07, 6.45) is 3.21. The van der Waals surface area contributed by atoms with Gasteiger partial charge in [-0.15, -0.1) is 0 Å². The summed E-state index contributed by atoms with van der Waals surface area (Å²) in [5, 5.41) is 0. The normalized spacial score (nSPS) is 11.5. The molecular formula is C11H18O4. The molecule has 0 fully saturated rings. The Kier molecular flexibility index (Phi) is 5.67. The average Bonchev–Trinajstić information content (AvgIpc) is 2.13. The monoisotopic (exact) mass is 214 g/mol. The van der Waals surface area contributed by atoms with E-state index in [1.807, 2.05) is 13.8 Å². The van der Waals surface area contributed by atoms with Gasteiger partial charge in [-0.3, -0.25) is 4.79 Å². The second-order valence-electron chi connectivity index (χ2n) is 3.83. The van der Waals surface area contributed by atoms with Crippen LogP contribution in [0.15, 0.2) is 12.2 Å². The van der Waals surface area contributed by atoms with Crippen molar-refractivity contribution >= 4 is 11.9 Å². The van der Waals surface area contributed by atoms with Crippen LogP contribution in [0.3, 0.4) is 0 Å². The van der Waals surface area contributed by atoms with Crippen LogP contribution in [0.25, 0.3) is 0 Å². The number of esters is 2. The minimum atomic E-state index is -0.424. The first kappa shape index (κ1) is 13.7. The highest BCUT2D eigenvalue weighted by Crippen LogP contribution is 2.22. The van der Waals surface area contributed by atoms with Gasteiger partial charge in [0.15, 0.2) is 0 Å². The number of hydrogen-bond acceptors (Lipinski definition) is 4. The van der Waals surface area contributed by atoms with Crippen molar-refractivity contribution in [3.63, 3.8) is 0 Å². The van der Waals surface area contributed by atoms with Crippen LogP contribution in [0.5, 0.6) is 0 Å². The Bertz CT molecular complexity index is 253. The molecule has 0 aromatic carbocycles. The Morgan fingerprint density at radius 1 is 1.33 bits per heavy atom. The lowest BCUT2D eigenvalue weighted by Crippen LogP contribution is -2.17. The van der Waals surface area contributed by atoms with E-state index < -0.39 is 11.4 Å². The highest BCUT2D eigenvalue weighted by Gasteiger charge is 2.19. The van der Waals surface area contributed by atoms with Gasteiger partial charge < -0.3 is 9.47 Å². The second-order valence-corrected chi connectivity index (χ2v) is 3.83. The summed E-state index contributed by atoms with van der Waals surface area (Å²) < 4.78 is 9.28. The van der Waals surface area contributed by atoms with Crippen molar-refractivity contribution in [2.24, 2.45) is 5.41 Å². The maximum atomic E-state index is 11.2. The zero-order valence-corrected chi connectivity index (χ0v) is 9.70. The van der Waals surface area contributed by atoms with Gasteiger partial charge in [-0.25, -0.2) is 4.79 Å². The maximum Gasteiger partial charge on any atom is 0.330 e. The zero-order valence-electron chi connectivity index (χ0n) is 9.70. The minimum Gasteiger partial charge on any atom is -0.466 e. The Labute approximate surface area is 90.2 Å². The van der Waals surface area contributed by atoms with E-state index in [9.17, 15) is 9.59 Å². The van der Waals surface area contributed by atoms with E-state index in [1.54, 1.807) is 13.0 Å². The van der Waals surface area contributed by atoms with E-state index >= 15 is 0 Å². The molecule has 0 aliphatic heterocycles. The maximum absolute atomic E-state index is 11.2. The largest absolute Gasteiger partial charge is 0.466 e. The Hall–Kier alpha value is -1.32. The minimum absolute atomic E-state index is 0.244. The molecule has 0 atom stereocenters. The number of hydrogen-bond donors (Lipinski definition) is 0. The van der Waals surface area contributed by atoms with Gasteiger partial charge in [-0.2, -0.15) is 0 Å². The molecule has 0 saturated heterocycles. The first-order chi connectivity index (χ1) is 6.91. The van der Waals surface area contributed by atoms with Crippen LogP contribution < -0.4 is 0 Å². The van der Waals surface area contributed by atoms with Gasteiger partial charge in [0.05, 0.1) is 20.1 Å². The standard InChI is InChI=1S/C11H18O4/c1-5-15-10(13)8-11(2,3)7-6-9(12)14-4/h6-7H,5,8H2,1-4H3/b7-6+. The van der Waals surface area contributed by atoms with E-state index in [4.69, 9.17) is 4.74 Å². The van der Waals surface area contributed by atoms with Crippen LogP contribution in [0.4, 0.5) is 0 Å². The number of methoxy groups -OCH3 is 1. The fourth-order valence-electron chi connectivity index (χ4n) is 1.00. The molecule has 0 amide bonds. The number of carbonyl (C=O) groups is 2. The van der Waals surface area contributed by atoms with Gasteiger partial charge >= 0.3 is 11.9 Å². The number of allylic oxidation sites excluding steroid dienone is 1. The Balaban J connectivity index is 4.23. The van der Waals surface area contributed by atoms with Crippen molar-refractivity contribution in [3.8, 4) is 0 Å². The highest BCUT2D eigenvalue weighted by atomic mass is 16.5. The van der Waals surface area contributed by atoms with Gasteiger partial charge in [0.1, 0.15) is 0 Å². The van der Waals surface area contributed by atoms with E-state index in [-0.39, 0.29) is 12.4 Å². The Morgan fingerprint density at radius 3 is 2.40 bits per heavy atom. The van der Waals surface area contributed by atoms with Crippen molar-refractivity contribution in [3.05, 3.63) is 12.2 Å². The topological polar surface area (TPSA) is 52.6 Å². The molecule has 4 heteroatoms. The summed E-state index contributed by atoms with van der Waals surface area (Å²) in [7, 11) is 1.31. The predicted molar refractivity (Wildman–Crippen MR) is 56.2 cm³/mol. The van der Waals surface area contributed by atoms with Crippen LogP contribution in [0, 0.1) is 5.41 Å². The molecule has 0 aromatic heterocycles. The van der Waals surface area contributed by atoms with Crippen LogP contribution in [-0.2, 0) is 19.1 Å². The van der Waals surface area contributed by atoms with Crippen LogP contribution in [0.2, 0.25) is 0 Å². The summed E-state index contributed by atoms with van der Waals surface area (Å²) in [5.41, 5.74) is -0.402. The van der Waals surface area contributed by atoms with Crippen molar-refractivity contribution in [1.82, 2.24) is 0 Å². The first-order valence-electron chi connectivity index (χ1n) is 4.84. The van der Waals surface area contributed by atoms with Crippen molar-refractivity contribution in [2.75, 3.05) is 13.7 Å². The molecule has 0 aliphatic rings. The molecule has 0 N–H and O–H groups in total. The molecule has 4 nitrogen and oxygen atoms in total. The molecule has 0 saturated carbocycles. The van der Waals surface area contributed by atoms with Crippen LogP contribution >= 0.6 is 0 Å². The second kappa shape index (κ2) is 6.22. The van der Waals surface area contributed by atoms with Gasteiger partial charge in [-0.05, 0) is 12.3 Å². The number of rotatable bonds is 5. The van der Waals surface area contributed by atoms with Crippen molar-refractivity contribution in [2.45, 2.75) is 27.2 Å². The molecular weight excluding hydrogens is 196 g/mol. The summed E-state index contributed by atoms with van der Waals surface area (Å²) >= 11 is 0. The van der Waals surface area contributed by atoms with E-state index in [0.717, 1.165) is 0 Å². The fraction of sp³-hybridized carbons (Fsp3) is 0.636. The molecule has 0 spiro atoms. The smallest absolute Gasteiger partial charge is 0.330 e. The summed E-state index contributed by atoms with van der Waals surface area (Å²) in [6, 6.07) is 0. The fourth-order valence-corrected chi connectivity index (χ4v) is 1.00. The molecule has 0 heterocycles. The SMILES string of the molecule is CCOC(=O)CC(C)(C)/C=C/C(=O)OC. The molecule has 0 rings (SSSR count). The molecule has 0 aromatic rings. The Morgan fingerprint density at radius 2 is 1.93 bits per heavy atom. The van der Waals surface area contributed by atoms with E-state index in [2.05, 4.69) is 4.74 Å². The van der Waals surface area contributed by atoms with Gasteiger partial charge in [0.25, 0.3) is 0 Å². The first-order valence-corrected chi connectivity index (χ1v) is 4.84. The average molecular weight is 214 g/mol. The molecule has 0 radical (unpaired) electrons. The van der Waals surface area contributed by atoms with Crippen molar-refractivity contribution in [1.29, 1.82) is 0 Å². The molecule has 0 bridgehead atoms. The zero-order chi connectivity index (χ0) is 11.9. The third-order valence-electron chi connectivity index (χ3n) is 1.78. The molecule has 0 aliphatic carbocycles. The lowest BCUT2D eigenvalue weighted by Gasteiger charge is -2.18. The van der Waals surface area contributed by atoms with Gasteiger partial charge in [0.2, 0.25) is 0 Å². The lowest BCUT2D eigenvalue weighted by atomic mass is 9.89. The van der Waals surface area contributed by atoms with Gasteiger partial charge in [0, 0.05) is 6.08 Å². The third-order valence-corrected chi connectivity index (χ3v) is 1.78. The molecule has 15 heavy (non-hydrogen) atoms. The van der Waals surface area contributed by atoms with Crippen LogP contribution in [0.1, 0.15) is 27.2 Å². The van der Waals surface area contributed by atoms with E-state index in [1.165, 1.54) is 13.2 Å². The third kappa shape index (κ3) is 6.71. The summed E-state index contributed by atoms with van der Waals surface area (Å²) in [6.45, 7) is 5.83. The summed E-state index contributed by atoms with van der Waals surface area (Å²) in [5.74, 6) is -0.691. The van der Waals surface area contributed by atoms with Crippen LogP contribution in [-0.4, -0.2) is 25.7 Å². The molecule has 0 unspecified atom stereocenters. The quantitative estimate of drug-likeness (QED) is 0.516. The highest BCUT2D eigenvalue weighted by molar-refractivity contribution is 5.82. The van der Waals surface area contributed by atoms with Crippen molar-refractivity contribution < 1.29 is 19.1 Å². The van der Waals surface area contributed by atoms with Gasteiger partial charge in [-0.1, -0.05) is 19.9 Å². The van der Waals surface area contributed by atoms with E-state index in [0.29, 0.717) is 6.61 Å². The number of ether oxygens (including phenoxy) is 2. The lowest BCUT2D eigenvalue weighted by molar-refractivity contribution is -0.145. The number of carbonyl (C=O) groups excluding carboxylic acids is 2. The summed E-state index contributed by atoms with van der Waals surface area (Å²) in [4.78, 5) is 22.0. The predicted octanol–water partition coefficient (Wildman–Crippen LogP) is 1.70.